The first-order valence-electron chi connectivity index (χ1n) is 8.51. The molecule has 1 aromatic carbocycles. The van der Waals surface area contributed by atoms with Crippen molar-refractivity contribution in [2.45, 2.75) is 45.2 Å². The number of piperidine rings is 1. The van der Waals surface area contributed by atoms with Gasteiger partial charge in [-0.05, 0) is 37.0 Å². The molecule has 1 aromatic rings. The van der Waals surface area contributed by atoms with Gasteiger partial charge >= 0.3 is 0 Å². The Balaban J connectivity index is 2.05. The van der Waals surface area contributed by atoms with E-state index in [1.54, 1.807) is 24.3 Å². The first-order valence-corrected chi connectivity index (χ1v) is 10.1. The molecule has 2 amide bonds. The Morgan fingerprint density at radius 2 is 2.08 bits per heavy atom. The molecule has 8 heteroatoms. The molecule has 1 fully saturated rings. The number of carbonyl (C=O) groups is 2. The molecule has 0 spiro atoms. The molecule has 0 bridgehead atoms. The molecular formula is C17H25N3O4S. The minimum Gasteiger partial charge on any atom is -0.366 e. The summed E-state index contributed by atoms with van der Waals surface area (Å²) in [6.07, 6.45) is 2.64. The number of primary amides is 1. The van der Waals surface area contributed by atoms with Gasteiger partial charge in [0.25, 0.3) is 0 Å². The molecule has 2 rings (SSSR count). The lowest BCUT2D eigenvalue weighted by Crippen LogP contribution is -2.52. The van der Waals surface area contributed by atoms with E-state index in [2.05, 4.69) is 5.32 Å². The highest BCUT2D eigenvalue weighted by Crippen LogP contribution is 2.21. The Labute approximate surface area is 148 Å². The normalized spacial score (nSPS) is 18.7. The van der Waals surface area contributed by atoms with E-state index >= 15 is 0 Å². The van der Waals surface area contributed by atoms with Crippen molar-refractivity contribution in [2.24, 2.45) is 5.73 Å². The van der Waals surface area contributed by atoms with Crippen molar-refractivity contribution in [3.05, 3.63) is 35.4 Å². The largest absolute Gasteiger partial charge is 0.366 e. The maximum Gasteiger partial charge on any atom is 0.248 e. The standard InChI is InChI=1S/C17H25N3O4S/c1-2-10-25(23,24)20-9-4-3-8-15(20)17(22)19-12-13-6-5-7-14(11-13)16(18)21/h5-7,11,15H,2-4,8-10,12H2,1H3,(H2,18,21)(H,19,22). The molecule has 0 saturated carbocycles. The molecule has 7 nitrogen and oxygen atoms in total. The highest BCUT2D eigenvalue weighted by atomic mass is 32.2. The van der Waals surface area contributed by atoms with E-state index in [1.165, 1.54) is 4.31 Å². The summed E-state index contributed by atoms with van der Waals surface area (Å²) in [5, 5.41) is 2.78. The monoisotopic (exact) mass is 367 g/mol. The second-order valence-corrected chi connectivity index (χ2v) is 8.26. The fraction of sp³-hybridized carbons (Fsp3) is 0.529. The number of carbonyl (C=O) groups excluding carboxylic acids is 2. The van der Waals surface area contributed by atoms with Gasteiger partial charge in [-0.2, -0.15) is 4.31 Å². The number of rotatable bonds is 7. The molecule has 1 aliphatic heterocycles. The second-order valence-electron chi connectivity index (χ2n) is 6.22. The van der Waals surface area contributed by atoms with Crippen LogP contribution in [0.5, 0.6) is 0 Å². The molecule has 25 heavy (non-hydrogen) atoms. The van der Waals surface area contributed by atoms with Gasteiger partial charge in [0.15, 0.2) is 0 Å². The summed E-state index contributed by atoms with van der Waals surface area (Å²) in [7, 11) is -3.42. The maximum absolute atomic E-state index is 12.5. The van der Waals surface area contributed by atoms with E-state index in [-0.39, 0.29) is 18.2 Å². The highest BCUT2D eigenvalue weighted by molar-refractivity contribution is 7.89. The number of nitrogens with one attached hydrogen (secondary N) is 1. The predicted molar refractivity (Wildman–Crippen MR) is 95.2 cm³/mol. The molecule has 0 aliphatic carbocycles. The number of amides is 2. The van der Waals surface area contributed by atoms with Crippen LogP contribution in [0.2, 0.25) is 0 Å². The number of sulfonamides is 1. The van der Waals surface area contributed by atoms with Gasteiger partial charge in [-0.3, -0.25) is 9.59 Å². The van der Waals surface area contributed by atoms with E-state index in [0.717, 1.165) is 18.4 Å². The molecule has 1 heterocycles. The zero-order chi connectivity index (χ0) is 18.4. The van der Waals surface area contributed by atoms with E-state index in [9.17, 15) is 18.0 Å². The SMILES string of the molecule is CCCS(=O)(=O)N1CCCCC1C(=O)NCc1cccc(C(N)=O)c1. The van der Waals surface area contributed by atoms with Gasteiger partial charge in [-0.15, -0.1) is 0 Å². The zero-order valence-electron chi connectivity index (χ0n) is 14.4. The topological polar surface area (TPSA) is 110 Å². The number of benzene rings is 1. The van der Waals surface area contributed by atoms with Crippen LogP contribution >= 0.6 is 0 Å². The predicted octanol–water partition coefficient (Wildman–Crippen LogP) is 0.996. The summed E-state index contributed by atoms with van der Waals surface area (Å²) >= 11 is 0. The van der Waals surface area contributed by atoms with Crippen molar-refractivity contribution in [2.75, 3.05) is 12.3 Å². The lowest BCUT2D eigenvalue weighted by Gasteiger charge is -2.33. The number of hydrogen-bond acceptors (Lipinski definition) is 4. The first-order chi connectivity index (χ1) is 11.8. The number of hydrogen-bond donors (Lipinski definition) is 2. The Morgan fingerprint density at radius 3 is 2.76 bits per heavy atom. The van der Waals surface area contributed by atoms with Gasteiger partial charge in [0, 0.05) is 18.7 Å². The third-order valence-corrected chi connectivity index (χ3v) is 6.33. The Hall–Kier alpha value is -1.93. The summed E-state index contributed by atoms with van der Waals surface area (Å²) in [5.41, 5.74) is 6.36. The van der Waals surface area contributed by atoms with Crippen LogP contribution in [0.3, 0.4) is 0 Å². The minimum atomic E-state index is -3.42. The second kappa shape index (κ2) is 8.44. The van der Waals surface area contributed by atoms with Gasteiger partial charge in [-0.1, -0.05) is 25.5 Å². The van der Waals surface area contributed by atoms with Crippen molar-refractivity contribution >= 4 is 21.8 Å². The van der Waals surface area contributed by atoms with Crippen molar-refractivity contribution in [3.63, 3.8) is 0 Å². The molecule has 1 aliphatic rings. The summed E-state index contributed by atoms with van der Waals surface area (Å²) in [6.45, 7) is 2.41. The number of nitrogens with two attached hydrogens (primary N) is 1. The lowest BCUT2D eigenvalue weighted by atomic mass is 10.0. The van der Waals surface area contributed by atoms with Gasteiger partial charge < -0.3 is 11.1 Å². The van der Waals surface area contributed by atoms with Gasteiger partial charge in [0.2, 0.25) is 21.8 Å². The van der Waals surface area contributed by atoms with E-state index in [1.807, 2.05) is 6.92 Å². The Bertz CT molecular complexity index is 733. The average Bonchev–Trinajstić information content (AvgIpc) is 2.60. The van der Waals surface area contributed by atoms with Crippen molar-refractivity contribution in [1.82, 2.24) is 9.62 Å². The lowest BCUT2D eigenvalue weighted by molar-refractivity contribution is -0.125. The molecular weight excluding hydrogens is 342 g/mol. The molecule has 0 aromatic heterocycles. The van der Waals surface area contributed by atoms with Crippen LogP contribution in [0, 0.1) is 0 Å². The fourth-order valence-electron chi connectivity index (χ4n) is 3.02. The minimum absolute atomic E-state index is 0.0530. The molecule has 1 unspecified atom stereocenters. The van der Waals surface area contributed by atoms with E-state index in [0.29, 0.717) is 24.9 Å². The summed E-state index contributed by atoms with van der Waals surface area (Å²) in [4.78, 5) is 23.8. The maximum atomic E-state index is 12.5. The zero-order valence-corrected chi connectivity index (χ0v) is 15.2. The van der Waals surface area contributed by atoms with Gasteiger partial charge in [-0.25, -0.2) is 8.42 Å². The highest BCUT2D eigenvalue weighted by Gasteiger charge is 2.35. The van der Waals surface area contributed by atoms with Crippen LogP contribution < -0.4 is 11.1 Å². The molecule has 1 saturated heterocycles. The molecule has 138 valence electrons. The molecule has 1 atom stereocenters. The summed E-state index contributed by atoms with van der Waals surface area (Å²) < 4.78 is 26.1. The third kappa shape index (κ3) is 5.02. The third-order valence-electron chi connectivity index (χ3n) is 4.25. The Kier molecular flexibility index (Phi) is 6.55. The fourth-order valence-corrected chi connectivity index (χ4v) is 4.76. The van der Waals surface area contributed by atoms with Gasteiger partial charge in [0.05, 0.1) is 5.75 Å². The number of nitrogens with zero attached hydrogens (tertiary/aromatic N) is 1. The van der Waals surface area contributed by atoms with Crippen LogP contribution in [0.4, 0.5) is 0 Å². The van der Waals surface area contributed by atoms with Crippen molar-refractivity contribution in [3.8, 4) is 0 Å². The summed E-state index contributed by atoms with van der Waals surface area (Å²) in [5.74, 6) is -0.779. The van der Waals surface area contributed by atoms with E-state index < -0.39 is 22.0 Å². The molecule has 3 N–H and O–H groups in total. The quantitative estimate of drug-likeness (QED) is 0.749. The first kappa shape index (κ1) is 19.4. The van der Waals surface area contributed by atoms with E-state index in [4.69, 9.17) is 5.73 Å². The van der Waals surface area contributed by atoms with Crippen LogP contribution in [-0.4, -0.2) is 42.9 Å². The smallest absolute Gasteiger partial charge is 0.248 e. The average molecular weight is 367 g/mol. The Morgan fingerprint density at radius 1 is 1.32 bits per heavy atom. The van der Waals surface area contributed by atoms with Crippen molar-refractivity contribution in [1.29, 1.82) is 0 Å². The molecule has 0 radical (unpaired) electrons. The van der Waals surface area contributed by atoms with Gasteiger partial charge in [0.1, 0.15) is 6.04 Å². The van der Waals surface area contributed by atoms with Crippen molar-refractivity contribution < 1.29 is 18.0 Å². The van der Waals surface area contributed by atoms with Crippen LogP contribution in [-0.2, 0) is 21.4 Å². The van der Waals surface area contributed by atoms with Crippen LogP contribution in [0.15, 0.2) is 24.3 Å². The van der Waals surface area contributed by atoms with Crippen LogP contribution in [0.1, 0.15) is 48.5 Å². The summed E-state index contributed by atoms with van der Waals surface area (Å²) in [6, 6.07) is 6.03. The van der Waals surface area contributed by atoms with Crippen LogP contribution in [0.25, 0.3) is 0 Å².